The molecule has 1 amide bonds. The number of carbonyl (C=O) groups is 1. The normalized spacial score (nSPS) is 12.5. The number of benzene rings is 1. The van der Waals surface area contributed by atoms with Gasteiger partial charge >= 0.3 is 0 Å². The lowest BCUT2D eigenvalue weighted by atomic mass is 10.1. The van der Waals surface area contributed by atoms with Gasteiger partial charge in [0.05, 0.1) is 5.75 Å². The average Bonchev–Trinajstić information content (AvgIpc) is 2.32. The second kappa shape index (κ2) is 7.75. The Morgan fingerprint density at radius 1 is 1.42 bits per heavy atom. The van der Waals surface area contributed by atoms with Crippen LogP contribution >= 0.6 is 23.4 Å². The van der Waals surface area contributed by atoms with E-state index < -0.39 is 0 Å². The van der Waals surface area contributed by atoms with E-state index in [-0.39, 0.29) is 17.8 Å². The van der Waals surface area contributed by atoms with Crippen LogP contribution in [-0.2, 0) is 10.5 Å². The Kier molecular flexibility index (Phi) is 6.66. The van der Waals surface area contributed by atoms with Crippen LogP contribution in [0, 0.1) is 11.7 Å². The average molecular weight is 304 g/mol. The van der Waals surface area contributed by atoms with Crippen LogP contribution < -0.4 is 5.32 Å². The highest BCUT2D eigenvalue weighted by molar-refractivity contribution is 7.99. The van der Waals surface area contributed by atoms with Crippen molar-refractivity contribution in [1.82, 2.24) is 5.32 Å². The first kappa shape index (κ1) is 16.3. The lowest BCUT2D eigenvalue weighted by Crippen LogP contribution is -2.37. The molecule has 1 aromatic rings. The van der Waals surface area contributed by atoms with Gasteiger partial charge in [0, 0.05) is 22.4 Å². The van der Waals surface area contributed by atoms with Gasteiger partial charge in [-0.3, -0.25) is 4.79 Å². The molecule has 0 unspecified atom stereocenters. The highest BCUT2D eigenvalue weighted by Crippen LogP contribution is 2.23. The van der Waals surface area contributed by atoms with Gasteiger partial charge in [0.15, 0.2) is 0 Å². The van der Waals surface area contributed by atoms with Crippen molar-refractivity contribution >= 4 is 29.3 Å². The number of amides is 1. The first-order valence-electron chi connectivity index (χ1n) is 6.21. The van der Waals surface area contributed by atoms with E-state index in [1.54, 1.807) is 12.1 Å². The molecular formula is C14H19ClFNOS. The molecule has 5 heteroatoms. The van der Waals surface area contributed by atoms with Crippen molar-refractivity contribution in [2.45, 2.75) is 32.6 Å². The molecule has 0 radical (unpaired) electrons. The summed E-state index contributed by atoms with van der Waals surface area (Å²) in [5.74, 6) is 0.751. The highest BCUT2D eigenvalue weighted by Gasteiger charge is 2.12. The van der Waals surface area contributed by atoms with Crippen LogP contribution in [0.1, 0.15) is 26.3 Å². The zero-order valence-electron chi connectivity index (χ0n) is 11.4. The molecule has 19 heavy (non-hydrogen) atoms. The van der Waals surface area contributed by atoms with Gasteiger partial charge in [0.2, 0.25) is 5.91 Å². The highest BCUT2D eigenvalue weighted by atomic mass is 35.5. The van der Waals surface area contributed by atoms with Crippen LogP contribution in [0.25, 0.3) is 0 Å². The van der Waals surface area contributed by atoms with Crippen LogP contribution in [0.3, 0.4) is 0 Å². The molecule has 0 aromatic heterocycles. The largest absolute Gasteiger partial charge is 0.353 e. The number of hydrogen-bond acceptors (Lipinski definition) is 2. The van der Waals surface area contributed by atoms with Gasteiger partial charge in [-0.2, -0.15) is 0 Å². The third-order valence-electron chi connectivity index (χ3n) is 2.93. The van der Waals surface area contributed by atoms with Crippen LogP contribution in [0.5, 0.6) is 0 Å². The fourth-order valence-electron chi connectivity index (χ4n) is 1.38. The standard InChI is InChI=1S/C14H19ClFNOS/c1-9(2)10(3)17-14(18)8-19-7-11-12(15)5-4-6-13(11)16/h4-6,9-10H,7-8H2,1-3H3,(H,17,18)/t10-/m1/s1. The molecule has 106 valence electrons. The molecule has 0 spiro atoms. The van der Waals surface area contributed by atoms with Crippen LogP contribution in [0.4, 0.5) is 4.39 Å². The molecule has 0 saturated carbocycles. The Morgan fingerprint density at radius 3 is 2.68 bits per heavy atom. The summed E-state index contributed by atoms with van der Waals surface area (Å²) in [6.07, 6.45) is 0. The smallest absolute Gasteiger partial charge is 0.230 e. The lowest BCUT2D eigenvalue weighted by Gasteiger charge is -2.17. The Balaban J connectivity index is 2.40. The molecule has 0 aliphatic rings. The molecule has 1 N–H and O–H groups in total. The van der Waals surface area contributed by atoms with Gasteiger partial charge in [0.1, 0.15) is 5.82 Å². The molecule has 0 fully saturated rings. The summed E-state index contributed by atoms with van der Waals surface area (Å²) in [6, 6.07) is 4.75. The first-order chi connectivity index (χ1) is 8.91. The van der Waals surface area contributed by atoms with E-state index in [1.807, 2.05) is 6.92 Å². The number of halogens is 2. The molecule has 0 saturated heterocycles. The molecule has 0 bridgehead atoms. The van der Waals surface area contributed by atoms with Gasteiger partial charge in [-0.25, -0.2) is 4.39 Å². The zero-order chi connectivity index (χ0) is 14.4. The first-order valence-corrected chi connectivity index (χ1v) is 7.75. The summed E-state index contributed by atoms with van der Waals surface area (Å²) >= 11 is 7.28. The van der Waals surface area contributed by atoms with Gasteiger partial charge in [-0.05, 0) is 25.0 Å². The maximum Gasteiger partial charge on any atom is 0.230 e. The molecule has 0 aliphatic carbocycles. The van der Waals surface area contributed by atoms with Crippen molar-refractivity contribution in [2.24, 2.45) is 5.92 Å². The second-order valence-corrected chi connectivity index (χ2v) is 6.19. The van der Waals surface area contributed by atoms with Gasteiger partial charge in [-0.1, -0.05) is 31.5 Å². The maximum atomic E-state index is 13.5. The topological polar surface area (TPSA) is 29.1 Å². The number of thioether (sulfide) groups is 1. The minimum atomic E-state index is -0.323. The van der Waals surface area contributed by atoms with E-state index in [0.29, 0.717) is 28.0 Å². The summed E-state index contributed by atoms with van der Waals surface area (Å²) < 4.78 is 13.5. The molecule has 0 heterocycles. The minimum Gasteiger partial charge on any atom is -0.353 e. The summed E-state index contributed by atoms with van der Waals surface area (Å²) in [6.45, 7) is 6.08. The summed E-state index contributed by atoms with van der Waals surface area (Å²) in [4.78, 5) is 11.7. The van der Waals surface area contributed by atoms with E-state index in [1.165, 1.54) is 17.8 Å². The van der Waals surface area contributed by atoms with E-state index in [0.717, 1.165) is 0 Å². The third-order valence-corrected chi connectivity index (χ3v) is 4.24. The van der Waals surface area contributed by atoms with E-state index in [4.69, 9.17) is 11.6 Å². The second-order valence-electron chi connectivity index (χ2n) is 4.79. The van der Waals surface area contributed by atoms with Crippen molar-refractivity contribution in [3.8, 4) is 0 Å². The third kappa shape index (κ3) is 5.41. The fourth-order valence-corrected chi connectivity index (χ4v) is 2.56. The lowest BCUT2D eigenvalue weighted by molar-refractivity contribution is -0.119. The Morgan fingerprint density at radius 2 is 2.11 bits per heavy atom. The van der Waals surface area contributed by atoms with Gasteiger partial charge < -0.3 is 5.32 Å². The van der Waals surface area contributed by atoms with Crippen LogP contribution in [0.2, 0.25) is 5.02 Å². The number of rotatable bonds is 6. The Hall–Kier alpha value is -0.740. The van der Waals surface area contributed by atoms with Crippen LogP contribution in [-0.4, -0.2) is 17.7 Å². The quantitative estimate of drug-likeness (QED) is 0.864. The van der Waals surface area contributed by atoms with E-state index in [2.05, 4.69) is 19.2 Å². The van der Waals surface area contributed by atoms with E-state index >= 15 is 0 Å². The minimum absolute atomic E-state index is 0.0290. The molecule has 1 rings (SSSR count). The number of nitrogens with one attached hydrogen (secondary N) is 1. The predicted octanol–water partition coefficient (Wildman–Crippen LogP) is 3.87. The van der Waals surface area contributed by atoms with Gasteiger partial charge in [-0.15, -0.1) is 11.8 Å². The molecule has 0 aliphatic heterocycles. The molecular weight excluding hydrogens is 285 g/mol. The van der Waals surface area contributed by atoms with Crippen molar-refractivity contribution in [3.05, 3.63) is 34.6 Å². The number of carbonyl (C=O) groups excluding carboxylic acids is 1. The summed E-state index contributed by atoms with van der Waals surface area (Å²) in [7, 11) is 0. The van der Waals surface area contributed by atoms with E-state index in [9.17, 15) is 9.18 Å². The monoisotopic (exact) mass is 303 g/mol. The zero-order valence-corrected chi connectivity index (χ0v) is 12.9. The molecule has 1 atom stereocenters. The summed E-state index contributed by atoms with van der Waals surface area (Å²) in [5, 5.41) is 3.31. The van der Waals surface area contributed by atoms with Crippen molar-refractivity contribution in [1.29, 1.82) is 0 Å². The molecule has 1 aromatic carbocycles. The van der Waals surface area contributed by atoms with Gasteiger partial charge in [0.25, 0.3) is 0 Å². The maximum absolute atomic E-state index is 13.5. The molecule has 2 nitrogen and oxygen atoms in total. The van der Waals surface area contributed by atoms with Crippen LogP contribution in [0.15, 0.2) is 18.2 Å². The predicted molar refractivity (Wildman–Crippen MR) is 80.0 cm³/mol. The number of hydrogen-bond donors (Lipinski definition) is 1. The van der Waals surface area contributed by atoms with Crippen molar-refractivity contribution < 1.29 is 9.18 Å². The summed E-state index contributed by atoms with van der Waals surface area (Å²) in [5.41, 5.74) is 0.457. The Bertz CT molecular complexity index is 419. The fraction of sp³-hybridized carbons (Fsp3) is 0.500. The Labute approximate surface area is 123 Å². The SMILES string of the molecule is CC(C)[C@@H](C)NC(=O)CSCc1c(F)cccc1Cl. The van der Waals surface area contributed by atoms with Crippen molar-refractivity contribution in [3.63, 3.8) is 0 Å². The van der Waals surface area contributed by atoms with Crippen molar-refractivity contribution in [2.75, 3.05) is 5.75 Å².